The van der Waals surface area contributed by atoms with Crippen molar-refractivity contribution in [3.63, 3.8) is 0 Å². The maximum absolute atomic E-state index is 13.3. The van der Waals surface area contributed by atoms with Crippen LogP contribution in [0.3, 0.4) is 0 Å². The van der Waals surface area contributed by atoms with Crippen molar-refractivity contribution in [2.45, 2.75) is 46.0 Å². The molecule has 0 aromatic carbocycles. The molecule has 0 aliphatic carbocycles. The van der Waals surface area contributed by atoms with E-state index in [0.29, 0.717) is 10.7 Å². The molecule has 0 saturated carbocycles. The second kappa shape index (κ2) is 6.74. The van der Waals surface area contributed by atoms with Gasteiger partial charge in [-0.2, -0.15) is 20.3 Å². The topological polar surface area (TPSA) is 132 Å². The summed E-state index contributed by atoms with van der Waals surface area (Å²) in [7, 11) is 0. The molecule has 3 heterocycles. The number of alkyl halides is 2. The number of amides is 1. The quantitative estimate of drug-likeness (QED) is 0.597. The first-order valence-corrected chi connectivity index (χ1v) is 8.15. The van der Waals surface area contributed by atoms with Crippen molar-refractivity contribution in [3.8, 4) is 0 Å². The van der Waals surface area contributed by atoms with Gasteiger partial charge in [0, 0.05) is 18.3 Å². The molecular formula is C15H17F2N7O4. The third kappa shape index (κ3) is 3.13. The number of carbonyl (C=O) groups is 1. The second-order valence-electron chi connectivity index (χ2n) is 6.47. The highest BCUT2D eigenvalue weighted by Gasteiger charge is 2.51. The summed E-state index contributed by atoms with van der Waals surface area (Å²) in [5.41, 5.74) is -2.33. The van der Waals surface area contributed by atoms with Crippen LogP contribution in [0.25, 0.3) is 0 Å². The first kappa shape index (κ1) is 19.5. The monoisotopic (exact) mass is 397 g/mol. The molecule has 0 radical (unpaired) electrons. The predicted octanol–water partition coefficient (Wildman–Crippen LogP) is 1.29. The fourth-order valence-electron chi connectivity index (χ4n) is 3.02. The molecule has 28 heavy (non-hydrogen) atoms. The normalized spacial score (nSPS) is 19.4. The number of hydrogen-bond donors (Lipinski definition) is 1. The summed E-state index contributed by atoms with van der Waals surface area (Å²) < 4.78 is 29.1. The van der Waals surface area contributed by atoms with E-state index in [0.717, 1.165) is 0 Å². The summed E-state index contributed by atoms with van der Waals surface area (Å²) >= 11 is 0. The van der Waals surface area contributed by atoms with Gasteiger partial charge in [0.25, 0.3) is 12.3 Å². The Morgan fingerprint density at radius 1 is 1.39 bits per heavy atom. The van der Waals surface area contributed by atoms with Crippen molar-refractivity contribution in [2.24, 2.45) is 5.10 Å². The van der Waals surface area contributed by atoms with E-state index in [9.17, 15) is 28.8 Å². The number of hydrazone groups is 1. The Morgan fingerprint density at radius 3 is 2.64 bits per heavy atom. The van der Waals surface area contributed by atoms with Gasteiger partial charge in [-0.15, -0.1) is 0 Å². The number of aromatic nitrogens is 4. The molecule has 13 heteroatoms. The predicted molar refractivity (Wildman–Crippen MR) is 90.8 cm³/mol. The summed E-state index contributed by atoms with van der Waals surface area (Å²) in [6, 6.07) is 1.28. The van der Waals surface area contributed by atoms with Crippen molar-refractivity contribution >= 4 is 17.3 Å². The molecule has 2 aromatic rings. The molecule has 0 spiro atoms. The number of hydrogen-bond acceptors (Lipinski definition) is 7. The van der Waals surface area contributed by atoms with Gasteiger partial charge in [0.05, 0.1) is 4.92 Å². The molecule has 0 bridgehead atoms. The standard InChI is InChI=1S/C15H17F2N7O4/c1-8-6-15(26,14(16)17)23(18-8)13(25)11-4-5-21(20-11)7-22-10(3)12(24(27)28)9(2)19-22/h4-5,14,26H,6-7H2,1-3H3/t15-/m0/s1. The van der Waals surface area contributed by atoms with Crippen LogP contribution >= 0.6 is 0 Å². The van der Waals surface area contributed by atoms with Crippen LogP contribution in [0.2, 0.25) is 0 Å². The van der Waals surface area contributed by atoms with Crippen molar-refractivity contribution in [3.05, 3.63) is 39.5 Å². The Kier molecular flexibility index (Phi) is 4.71. The van der Waals surface area contributed by atoms with Crippen LogP contribution in [0.5, 0.6) is 0 Å². The summed E-state index contributed by atoms with van der Waals surface area (Å²) in [5, 5.41) is 33.3. The van der Waals surface area contributed by atoms with E-state index >= 15 is 0 Å². The molecule has 2 aromatic heterocycles. The van der Waals surface area contributed by atoms with Gasteiger partial charge in [0.2, 0.25) is 5.72 Å². The van der Waals surface area contributed by atoms with Gasteiger partial charge in [-0.3, -0.25) is 19.6 Å². The number of aryl methyl sites for hydroxylation is 1. The minimum absolute atomic E-state index is 0.0325. The molecule has 0 fully saturated rings. The van der Waals surface area contributed by atoms with Gasteiger partial charge in [-0.1, -0.05) is 0 Å². The zero-order valence-corrected chi connectivity index (χ0v) is 15.2. The van der Waals surface area contributed by atoms with Gasteiger partial charge in [-0.05, 0) is 26.8 Å². The number of halogens is 2. The van der Waals surface area contributed by atoms with Crippen LogP contribution in [0.4, 0.5) is 14.5 Å². The Balaban J connectivity index is 1.84. The van der Waals surface area contributed by atoms with E-state index in [1.165, 1.54) is 42.4 Å². The highest BCUT2D eigenvalue weighted by molar-refractivity contribution is 5.96. The zero-order chi connectivity index (χ0) is 20.8. The van der Waals surface area contributed by atoms with Crippen LogP contribution in [0, 0.1) is 24.0 Å². The second-order valence-corrected chi connectivity index (χ2v) is 6.47. The van der Waals surface area contributed by atoms with Crippen LogP contribution in [0.1, 0.15) is 35.2 Å². The van der Waals surface area contributed by atoms with Crippen molar-refractivity contribution in [2.75, 3.05) is 0 Å². The first-order chi connectivity index (χ1) is 13.0. The van der Waals surface area contributed by atoms with Crippen LogP contribution in [-0.4, -0.2) is 58.4 Å². The first-order valence-electron chi connectivity index (χ1n) is 8.15. The lowest BCUT2D eigenvalue weighted by Gasteiger charge is -2.29. The largest absolute Gasteiger partial charge is 0.364 e. The van der Waals surface area contributed by atoms with Crippen molar-refractivity contribution in [1.29, 1.82) is 0 Å². The zero-order valence-electron chi connectivity index (χ0n) is 15.2. The van der Waals surface area contributed by atoms with Crippen molar-refractivity contribution in [1.82, 2.24) is 24.6 Å². The molecule has 1 aliphatic rings. The van der Waals surface area contributed by atoms with Gasteiger partial charge in [-0.25, -0.2) is 13.5 Å². The van der Waals surface area contributed by atoms with E-state index in [-0.39, 0.29) is 29.5 Å². The van der Waals surface area contributed by atoms with E-state index in [4.69, 9.17) is 0 Å². The SMILES string of the molecule is CC1=NN(C(=O)c2ccn(Cn3nc(C)c([N+](=O)[O-])c3C)n2)[C@@](O)(C(F)F)C1. The molecule has 150 valence electrons. The highest BCUT2D eigenvalue weighted by atomic mass is 19.3. The summed E-state index contributed by atoms with van der Waals surface area (Å²) in [4.78, 5) is 23.1. The molecule has 0 saturated heterocycles. The number of aliphatic hydroxyl groups is 1. The maximum Gasteiger partial charge on any atom is 0.312 e. The number of nitrogens with zero attached hydrogens (tertiary/aromatic N) is 7. The lowest BCUT2D eigenvalue weighted by molar-refractivity contribution is -0.386. The molecule has 3 rings (SSSR count). The Morgan fingerprint density at radius 2 is 2.07 bits per heavy atom. The van der Waals surface area contributed by atoms with Crippen LogP contribution in [0.15, 0.2) is 17.4 Å². The molecule has 1 N–H and O–H groups in total. The van der Waals surface area contributed by atoms with Gasteiger partial charge in [0.1, 0.15) is 18.1 Å². The van der Waals surface area contributed by atoms with Crippen molar-refractivity contribution < 1.29 is 23.6 Å². The summed E-state index contributed by atoms with van der Waals surface area (Å²) in [5.74, 6) is -0.988. The Labute approximate surface area is 157 Å². The lowest BCUT2D eigenvalue weighted by Crippen LogP contribution is -2.51. The summed E-state index contributed by atoms with van der Waals surface area (Å²) in [6.07, 6.45) is -2.29. The molecular weight excluding hydrogens is 380 g/mol. The lowest BCUT2D eigenvalue weighted by atomic mass is 10.1. The average molecular weight is 397 g/mol. The molecule has 1 aliphatic heterocycles. The van der Waals surface area contributed by atoms with Crippen LogP contribution in [-0.2, 0) is 6.67 Å². The smallest absolute Gasteiger partial charge is 0.312 e. The fraction of sp³-hybridized carbons (Fsp3) is 0.467. The van der Waals surface area contributed by atoms with Gasteiger partial charge < -0.3 is 5.11 Å². The fourth-order valence-corrected chi connectivity index (χ4v) is 3.02. The van der Waals surface area contributed by atoms with Gasteiger partial charge >= 0.3 is 5.69 Å². The average Bonchev–Trinajstić information content (AvgIpc) is 3.25. The molecule has 0 unspecified atom stereocenters. The van der Waals surface area contributed by atoms with Gasteiger partial charge in [0.15, 0.2) is 5.69 Å². The number of carbonyl (C=O) groups excluding carboxylic acids is 1. The van der Waals surface area contributed by atoms with E-state index < -0.39 is 29.4 Å². The third-order valence-corrected chi connectivity index (χ3v) is 4.36. The van der Waals surface area contributed by atoms with E-state index in [2.05, 4.69) is 15.3 Å². The number of rotatable bonds is 5. The molecule has 1 amide bonds. The maximum atomic E-state index is 13.3. The molecule has 11 nitrogen and oxygen atoms in total. The minimum Gasteiger partial charge on any atom is -0.364 e. The summed E-state index contributed by atoms with van der Waals surface area (Å²) in [6.45, 7) is 4.42. The Hall–Kier alpha value is -3.22. The molecule has 1 atom stereocenters. The minimum atomic E-state index is -3.21. The highest BCUT2D eigenvalue weighted by Crippen LogP contribution is 2.32. The van der Waals surface area contributed by atoms with E-state index in [1.54, 1.807) is 0 Å². The van der Waals surface area contributed by atoms with Crippen LogP contribution < -0.4 is 0 Å². The van der Waals surface area contributed by atoms with E-state index in [1.807, 2.05) is 0 Å². The Bertz CT molecular complexity index is 983. The third-order valence-electron chi connectivity index (χ3n) is 4.36. The number of nitro groups is 1.